The fourth-order valence-corrected chi connectivity index (χ4v) is 3.69. The van der Waals surface area contributed by atoms with E-state index >= 15 is 0 Å². The van der Waals surface area contributed by atoms with Crippen LogP contribution in [0.4, 0.5) is 0 Å². The van der Waals surface area contributed by atoms with Crippen LogP contribution in [0.25, 0.3) is 0 Å². The summed E-state index contributed by atoms with van der Waals surface area (Å²) in [7, 11) is -3.71. The van der Waals surface area contributed by atoms with Crippen molar-refractivity contribution < 1.29 is 17.9 Å². The molecule has 22 heavy (non-hydrogen) atoms. The van der Waals surface area contributed by atoms with E-state index in [2.05, 4.69) is 41.5 Å². The predicted molar refractivity (Wildman–Crippen MR) is 88.9 cm³/mol. The van der Waals surface area contributed by atoms with Gasteiger partial charge in [0.15, 0.2) is 6.29 Å². The van der Waals surface area contributed by atoms with Crippen LogP contribution in [-0.2, 0) is 19.5 Å². The molecule has 5 nitrogen and oxygen atoms in total. The van der Waals surface area contributed by atoms with Crippen LogP contribution in [0.5, 0.6) is 0 Å². The zero-order chi connectivity index (χ0) is 17.3. The van der Waals surface area contributed by atoms with Gasteiger partial charge in [0.25, 0.3) is 0 Å². The van der Waals surface area contributed by atoms with E-state index in [0.717, 1.165) is 6.42 Å². The first-order valence-electron chi connectivity index (χ1n) is 8.09. The number of hydrogen-bond donors (Lipinski definition) is 1. The van der Waals surface area contributed by atoms with Crippen LogP contribution in [0.2, 0.25) is 0 Å². The molecule has 2 N–H and O–H groups in total. The Morgan fingerprint density at radius 2 is 1.45 bits per heavy atom. The number of ether oxygens (including phenoxy) is 2. The van der Waals surface area contributed by atoms with Gasteiger partial charge in [-0.05, 0) is 17.3 Å². The van der Waals surface area contributed by atoms with Crippen molar-refractivity contribution in [2.45, 2.75) is 91.5 Å². The lowest BCUT2D eigenvalue weighted by molar-refractivity contribution is -0.278. The first-order chi connectivity index (χ1) is 9.76. The van der Waals surface area contributed by atoms with Gasteiger partial charge in [-0.25, -0.2) is 13.6 Å². The fraction of sp³-hybridized carbons (Fsp3) is 1.00. The first-order valence-corrected chi connectivity index (χ1v) is 9.70. The molecule has 0 spiro atoms. The smallest absolute Gasteiger partial charge is 0.216 e. The van der Waals surface area contributed by atoms with Crippen molar-refractivity contribution in [2.75, 3.05) is 0 Å². The molecule has 1 aliphatic rings. The Labute approximate surface area is 136 Å². The predicted octanol–water partition coefficient (Wildman–Crippen LogP) is 3.04. The Balaban J connectivity index is 3.11. The number of rotatable bonds is 4. The highest BCUT2D eigenvalue weighted by Crippen LogP contribution is 2.39. The van der Waals surface area contributed by atoms with Crippen molar-refractivity contribution >= 4 is 10.0 Å². The maximum Gasteiger partial charge on any atom is 0.216 e. The topological polar surface area (TPSA) is 78.6 Å². The maximum atomic E-state index is 12.0. The first kappa shape index (κ1) is 19.9. The van der Waals surface area contributed by atoms with Crippen LogP contribution in [0.15, 0.2) is 0 Å². The second kappa shape index (κ2) is 6.75. The van der Waals surface area contributed by atoms with E-state index in [0.29, 0.717) is 12.8 Å². The van der Waals surface area contributed by atoms with Gasteiger partial charge in [0, 0.05) is 6.42 Å². The third kappa shape index (κ3) is 5.18. The largest absolute Gasteiger partial charge is 0.347 e. The van der Waals surface area contributed by atoms with E-state index in [4.69, 9.17) is 14.6 Å². The van der Waals surface area contributed by atoms with Gasteiger partial charge in [-0.1, -0.05) is 54.9 Å². The highest BCUT2D eigenvalue weighted by molar-refractivity contribution is 7.89. The lowest BCUT2D eigenvalue weighted by Gasteiger charge is -2.47. The van der Waals surface area contributed by atoms with Crippen molar-refractivity contribution in [2.24, 2.45) is 16.0 Å². The standard InChI is InChI=1S/C16H33NO4S/c1-8-9-11(22(17,18)19)14-20-12(15(2,3)4)10-13(21-14)16(5,6)7/h11-14H,8-10H2,1-7H3,(H2,17,18,19). The minimum absolute atomic E-state index is 0.0587. The van der Waals surface area contributed by atoms with E-state index < -0.39 is 21.6 Å². The molecule has 1 heterocycles. The van der Waals surface area contributed by atoms with E-state index in [1.165, 1.54) is 0 Å². The van der Waals surface area contributed by atoms with Gasteiger partial charge in [-0.2, -0.15) is 0 Å². The summed E-state index contributed by atoms with van der Waals surface area (Å²) in [5, 5.41) is 4.61. The molecule has 0 aromatic carbocycles. The molecule has 0 saturated carbocycles. The van der Waals surface area contributed by atoms with Crippen LogP contribution < -0.4 is 5.14 Å². The Kier molecular flexibility index (Phi) is 6.10. The number of hydrogen-bond acceptors (Lipinski definition) is 4. The van der Waals surface area contributed by atoms with E-state index in [9.17, 15) is 8.42 Å². The number of sulfonamides is 1. The number of nitrogens with two attached hydrogens (primary N) is 1. The molecule has 0 radical (unpaired) electrons. The average Bonchev–Trinajstić information content (AvgIpc) is 2.31. The second-order valence-electron chi connectivity index (χ2n) is 8.50. The second-order valence-corrected chi connectivity index (χ2v) is 10.3. The van der Waals surface area contributed by atoms with Gasteiger partial charge >= 0.3 is 0 Å². The van der Waals surface area contributed by atoms with Crippen LogP contribution in [0, 0.1) is 10.8 Å². The molecule has 6 heteroatoms. The normalized spacial score (nSPS) is 29.4. The van der Waals surface area contributed by atoms with Crippen molar-refractivity contribution in [3.8, 4) is 0 Å². The monoisotopic (exact) mass is 335 g/mol. The summed E-state index contributed by atoms with van der Waals surface area (Å²) in [6, 6.07) is 0. The molecule has 132 valence electrons. The molecule has 0 aliphatic carbocycles. The molecule has 3 atom stereocenters. The summed E-state index contributed by atoms with van der Waals surface area (Å²) in [6.07, 6.45) is 1.000. The van der Waals surface area contributed by atoms with Crippen molar-refractivity contribution in [1.29, 1.82) is 0 Å². The molecular formula is C16H33NO4S. The van der Waals surface area contributed by atoms with Crippen molar-refractivity contribution in [1.82, 2.24) is 0 Å². The zero-order valence-corrected chi connectivity index (χ0v) is 15.9. The van der Waals surface area contributed by atoms with Crippen LogP contribution in [-0.4, -0.2) is 32.2 Å². The van der Waals surface area contributed by atoms with Gasteiger partial charge in [0.2, 0.25) is 10.0 Å². The summed E-state index contributed by atoms with van der Waals surface area (Å²) in [5.41, 5.74) is -0.165. The fourth-order valence-electron chi connectivity index (χ4n) is 2.69. The summed E-state index contributed by atoms with van der Waals surface area (Å²) in [4.78, 5) is 0. The van der Waals surface area contributed by atoms with E-state index in [-0.39, 0.29) is 23.0 Å². The summed E-state index contributed by atoms with van der Waals surface area (Å²) < 4.78 is 36.0. The van der Waals surface area contributed by atoms with Gasteiger partial charge in [0.05, 0.1) is 12.2 Å². The summed E-state index contributed by atoms with van der Waals surface area (Å²) in [6.45, 7) is 14.6. The molecule has 1 aliphatic heterocycles. The van der Waals surface area contributed by atoms with Gasteiger partial charge in [0.1, 0.15) is 5.25 Å². The van der Waals surface area contributed by atoms with Crippen molar-refractivity contribution in [3.05, 3.63) is 0 Å². The summed E-state index contributed by atoms with van der Waals surface area (Å²) >= 11 is 0. The maximum absolute atomic E-state index is 12.0. The van der Waals surface area contributed by atoms with Gasteiger partial charge < -0.3 is 9.47 Å². The molecule has 1 rings (SSSR count). The van der Waals surface area contributed by atoms with Crippen molar-refractivity contribution in [3.63, 3.8) is 0 Å². The highest BCUT2D eigenvalue weighted by Gasteiger charge is 2.45. The van der Waals surface area contributed by atoms with Crippen LogP contribution >= 0.6 is 0 Å². The molecule has 3 unspecified atom stereocenters. The lowest BCUT2D eigenvalue weighted by Crippen LogP contribution is -2.54. The molecule has 0 aromatic heterocycles. The molecule has 1 fully saturated rings. The van der Waals surface area contributed by atoms with E-state index in [1.54, 1.807) is 0 Å². The quantitative estimate of drug-likeness (QED) is 0.856. The Morgan fingerprint density at radius 3 is 1.73 bits per heavy atom. The SMILES string of the molecule is CCCC(C1OC(C(C)(C)C)CC(C(C)(C)C)O1)S(N)(=O)=O. The Bertz CT molecular complexity index is 440. The zero-order valence-electron chi connectivity index (χ0n) is 15.0. The van der Waals surface area contributed by atoms with E-state index in [1.807, 2.05) is 6.92 Å². The molecule has 1 saturated heterocycles. The molecule has 0 amide bonds. The van der Waals surface area contributed by atoms with Crippen LogP contribution in [0.1, 0.15) is 67.7 Å². The molecular weight excluding hydrogens is 302 g/mol. The third-order valence-corrected chi connectivity index (χ3v) is 5.56. The Hall–Kier alpha value is -0.170. The summed E-state index contributed by atoms with van der Waals surface area (Å²) in [5.74, 6) is 0. The minimum Gasteiger partial charge on any atom is -0.347 e. The van der Waals surface area contributed by atoms with Crippen LogP contribution in [0.3, 0.4) is 0 Å². The van der Waals surface area contributed by atoms with Gasteiger partial charge in [-0.3, -0.25) is 0 Å². The number of primary sulfonamides is 1. The third-order valence-electron chi connectivity index (χ3n) is 4.26. The minimum atomic E-state index is -3.71. The average molecular weight is 336 g/mol. The Morgan fingerprint density at radius 1 is 1.05 bits per heavy atom. The lowest BCUT2D eigenvalue weighted by atomic mass is 9.78. The van der Waals surface area contributed by atoms with Gasteiger partial charge in [-0.15, -0.1) is 0 Å². The molecule has 0 aromatic rings. The highest BCUT2D eigenvalue weighted by atomic mass is 32.2. The molecule has 0 bridgehead atoms.